The Balaban J connectivity index is 2.96. The van der Waals surface area contributed by atoms with Gasteiger partial charge in [0.05, 0.1) is 24.3 Å². The maximum Gasteiger partial charge on any atom is 0.339 e. The van der Waals surface area contributed by atoms with Gasteiger partial charge in [0.15, 0.2) is 0 Å². The summed E-state index contributed by atoms with van der Waals surface area (Å²) < 4.78 is 11.4. The van der Waals surface area contributed by atoms with Gasteiger partial charge in [0.2, 0.25) is 0 Å². The van der Waals surface area contributed by atoms with Crippen LogP contribution in [0.3, 0.4) is 0 Å². The normalized spacial score (nSPS) is 11.0. The Kier molecular flexibility index (Phi) is 19.0. The van der Waals surface area contributed by atoms with Crippen LogP contribution in [0.4, 0.5) is 0 Å². The Hall–Kier alpha value is -1.84. The summed E-state index contributed by atoms with van der Waals surface area (Å²) in [7, 11) is 0. The number of benzene rings is 1. The topological polar surface area (TPSA) is 52.6 Å². The highest BCUT2D eigenvalue weighted by atomic mass is 16.5. The first-order valence-corrected chi connectivity index (χ1v) is 15.1. The lowest BCUT2D eigenvalue weighted by Crippen LogP contribution is -2.19. The first-order valence-electron chi connectivity index (χ1n) is 15.1. The summed E-state index contributed by atoms with van der Waals surface area (Å²) in [6.45, 7) is 9.56. The number of carbonyl (C=O) groups excluding carboxylic acids is 2. The molecule has 4 nitrogen and oxygen atoms in total. The van der Waals surface area contributed by atoms with Gasteiger partial charge in [-0.15, -0.1) is 0 Å². The van der Waals surface area contributed by atoms with E-state index in [4.69, 9.17) is 9.47 Å². The minimum Gasteiger partial charge on any atom is -0.462 e. The van der Waals surface area contributed by atoms with E-state index in [0.717, 1.165) is 69.8 Å². The third-order valence-corrected chi connectivity index (χ3v) is 6.88. The highest BCUT2D eigenvalue weighted by Gasteiger charge is 2.25. The fourth-order valence-electron chi connectivity index (χ4n) is 4.58. The Morgan fingerprint density at radius 2 is 1.03 bits per heavy atom. The van der Waals surface area contributed by atoms with Crippen molar-refractivity contribution in [1.29, 1.82) is 0 Å². The van der Waals surface area contributed by atoms with Gasteiger partial charge >= 0.3 is 11.9 Å². The lowest BCUT2D eigenvalue weighted by atomic mass is 9.90. The molecule has 0 aliphatic carbocycles. The summed E-state index contributed by atoms with van der Waals surface area (Å²) in [5.41, 5.74) is 2.99. The zero-order valence-electron chi connectivity index (χ0n) is 23.9. The molecule has 0 saturated carbocycles. The Labute approximate surface area is 221 Å². The molecule has 0 amide bonds. The van der Waals surface area contributed by atoms with E-state index in [1.807, 2.05) is 6.07 Å². The first kappa shape index (κ1) is 32.2. The van der Waals surface area contributed by atoms with Crippen LogP contribution in [0.15, 0.2) is 12.1 Å². The minimum atomic E-state index is -0.394. The van der Waals surface area contributed by atoms with E-state index in [-0.39, 0.29) is 5.97 Å². The smallest absolute Gasteiger partial charge is 0.339 e. The largest absolute Gasteiger partial charge is 0.462 e. The molecule has 0 unspecified atom stereocenters. The van der Waals surface area contributed by atoms with E-state index in [1.54, 1.807) is 6.07 Å². The fraction of sp³-hybridized carbons (Fsp3) is 0.750. The van der Waals surface area contributed by atoms with Crippen LogP contribution in [-0.4, -0.2) is 25.2 Å². The molecule has 0 heterocycles. The van der Waals surface area contributed by atoms with Gasteiger partial charge < -0.3 is 9.47 Å². The highest BCUT2D eigenvalue weighted by molar-refractivity contribution is 6.04. The molecule has 1 rings (SSSR count). The van der Waals surface area contributed by atoms with Gasteiger partial charge in [-0.3, -0.25) is 0 Å². The van der Waals surface area contributed by atoms with Crippen molar-refractivity contribution in [2.75, 3.05) is 13.2 Å². The van der Waals surface area contributed by atoms with Crippen LogP contribution in [0.25, 0.3) is 0 Å². The molecule has 0 bridgehead atoms. The molecule has 0 N–H and O–H groups in total. The van der Waals surface area contributed by atoms with Crippen molar-refractivity contribution in [3.05, 3.63) is 34.4 Å². The van der Waals surface area contributed by atoms with Crippen molar-refractivity contribution >= 4 is 11.9 Å². The number of ether oxygens (including phenoxy) is 2. The zero-order chi connectivity index (χ0) is 26.4. The summed E-state index contributed by atoms with van der Waals surface area (Å²) in [5.74, 6) is -0.755. The molecule has 1 aromatic rings. The SMILES string of the molecule is CCCCCCCCOC(=O)c1ccc(CCCC)c(CCCC)c1C(=O)OCCCCCCCC. The summed E-state index contributed by atoms with van der Waals surface area (Å²) in [5, 5.41) is 0. The first-order chi connectivity index (χ1) is 17.6. The molecule has 0 aliphatic heterocycles. The molecule has 0 radical (unpaired) electrons. The second-order valence-electron chi connectivity index (χ2n) is 10.1. The standard InChI is InChI=1S/C32H54O4/c1-5-9-13-15-17-19-25-35-31(33)29-24-23-27(21-11-7-3)28(22-12-8-4)30(29)32(34)36-26-20-18-16-14-10-6-2/h23-24H,5-22,25-26H2,1-4H3. The van der Waals surface area contributed by atoms with Gasteiger partial charge in [-0.2, -0.15) is 0 Å². The van der Waals surface area contributed by atoms with Gasteiger partial charge in [0.1, 0.15) is 0 Å². The quantitative estimate of drug-likeness (QED) is 0.117. The van der Waals surface area contributed by atoms with E-state index in [2.05, 4.69) is 27.7 Å². The Morgan fingerprint density at radius 3 is 1.58 bits per heavy atom. The predicted octanol–water partition coefficient (Wildman–Crippen LogP) is 9.41. The van der Waals surface area contributed by atoms with Crippen LogP contribution in [0.5, 0.6) is 0 Å². The van der Waals surface area contributed by atoms with Gasteiger partial charge in [0, 0.05) is 0 Å². The molecule has 0 spiro atoms. The average Bonchev–Trinajstić information content (AvgIpc) is 2.89. The lowest BCUT2D eigenvalue weighted by Gasteiger charge is -2.18. The molecule has 4 heteroatoms. The van der Waals surface area contributed by atoms with Crippen LogP contribution < -0.4 is 0 Å². The number of unbranched alkanes of at least 4 members (excludes halogenated alkanes) is 12. The van der Waals surface area contributed by atoms with E-state index in [9.17, 15) is 9.59 Å². The molecular formula is C32H54O4. The van der Waals surface area contributed by atoms with Crippen molar-refractivity contribution in [3.63, 3.8) is 0 Å². The Bertz CT molecular complexity index is 725. The number of esters is 2. The number of hydrogen-bond acceptors (Lipinski definition) is 4. The third-order valence-electron chi connectivity index (χ3n) is 6.88. The summed E-state index contributed by atoms with van der Waals surface area (Å²) >= 11 is 0. The van der Waals surface area contributed by atoms with Gasteiger partial charge in [-0.1, -0.05) is 111 Å². The van der Waals surface area contributed by atoms with Crippen molar-refractivity contribution in [1.82, 2.24) is 0 Å². The van der Waals surface area contributed by atoms with E-state index in [0.29, 0.717) is 24.3 Å². The van der Waals surface area contributed by atoms with Gasteiger partial charge in [-0.05, 0) is 55.7 Å². The third kappa shape index (κ3) is 12.9. The van der Waals surface area contributed by atoms with Crippen molar-refractivity contribution in [2.24, 2.45) is 0 Å². The van der Waals surface area contributed by atoms with Crippen LogP contribution in [0.2, 0.25) is 0 Å². The number of carbonyl (C=O) groups is 2. The van der Waals surface area contributed by atoms with Crippen LogP contribution >= 0.6 is 0 Å². The second-order valence-corrected chi connectivity index (χ2v) is 10.1. The zero-order valence-corrected chi connectivity index (χ0v) is 23.9. The second kappa shape index (κ2) is 21.3. The molecule has 0 saturated heterocycles. The Morgan fingerprint density at radius 1 is 0.556 bits per heavy atom. The maximum absolute atomic E-state index is 13.4. The minimum absolute atomic E-state index is 0.362. The maximum atomic E-state index is 13.4. The van der Waals surface area contributed by atoms with E-state index < -0.39 is 5.97 Å². The predicted molar refractivity (Wildman–Crippen MR) is 151 cm³/mol. The summed E-state index contributed by atoms with van der Waals surface area (Å²) in [4.78, 5) is 26.5. The lowest BCUT2D eigenvalue weighted by molar-refractivity contribution is 0.0449. The monoisotopic (exact) mass is 502 g/mol. The highest BCUT2D eigenvalue weighted by Crippen LogP contribution is 2.26. The van der Waals surface area contributed by atoms with Crippen LogP contribution in [0.1, 0.15) is 162 Å². The van der Waals surface area contributed by atoms with Crippen LogP contribution in [-0.2, 0) is 22.3 Å². The molecule has 0 aliphatic rings. The molecule has 1 aromatic carbocycles. The molecule has 0 aromatic heterocycles. The van der Waals surface area contributed by atoms with E-state index >= 15 is 0 Å². The van der Waals surface area contributed by atoms with Crippen molar-refractivity contribution in [3.8, 4) is 0 Å². The number of aryl methyl sites for hydroxylation is 1. The number of rotatable bonds is 22. The van der Waals surface area contributed by atoms with Gasteiger partial charge in [0.25, 0.3) is 0 Å². The molecule has 0 fully saturated rings. The summed E-state index contributed by atoms with van der Waals surface area (Å²) in [6, 6.07) is 3.83. The van der Waals surface area contributed by atoms with E-state index in [1.165, 1.54) is 56.9 Å². The molecule has 206 valence electrons. The molecule has 0 atom stereocenters. The van der Waals surface area contributed by atoms with Crippen LogP contribution in [0, 0.1) is 0 Å². The molecule has 36 heavy (non-hydrogen) atoms. The number of hydrogen-bond donors (Lipinski definition) is 0. The summed E-state index contributed by atoms with van der Waals surface area (Å²) in [6.07, 6.45) is 19.5. The van der Waals surface area contributed by atoms with Crippen molar-refractivity contribution in [2.45, 2.75) is 143 Å². The fourth-order valence-corrected chi connectivity index (χ4v) is 4.58. The van der Waals surface area contributed by atoms with Gasteiger partial charge in [-0.25, -0.2) is 9.59 Å². The average molecular weight is 503 g/mol. The molecular weight excluding hydrogens is 448 g/mol. The van der Waals surface area contributed by atoms with Crippen molar-refractivity contribution < 1.29 is 19.1 Å².